The second-order valence-electron chi connectivity index (χ2n) is 6.97. The molecule has 0 N–H and O–H groups in total. The zero-order valence-corrected chi connectivity index (χ0v) is 18.0. The van der Waals surface area contributed by atoms with Crippen LogP contribution < -0.4 is 14.2 Å². The number of ether oxygens (including phenoxy) is 3. The number of nitrogens with zero attached hydrogens (tertiary/aromatic N) is 1. The quantitative estimate of drug-likeness (QED) is 0.488. The van der Waals surface area contributed by atoms with Gasteiger partial charge in [0.1, 0.15) is 5.75 Å². The van der Waals surface area contributed by atoms with Gasteiger partial charge in [0.25, 0.3) is 11.1 Å². The first-order valence-corrected chi connectivity index (χ1v) is 10.6. The summed E-state index contributed by atoms with van der Waals surface area (Å²) in [5.74, 6) is 1.49. The molecule has 8 heteroatoms. The van der Waals surface area contributed by atoms with Crippen molar-refractivity contribution in [3.8, 4) is 17.2 Å². The molecule has 0 atom stereocenters. The fourth-order valence-electron chi connectivity index (χ4n) is 3.63. The number of carbonyl (C=O) groups is 2. The number of hydrogen-bond acceptors (Lipinski definition) is 6. The Hall–Kier alpha value is -3.16. The van der Waals surface area contributed by atoms with Crippen LogP contribution in [0.15, 0.2) is 53.4 Å². The molecular formula is C23H16ClNO5S. The van der Waals surface area contributed by atoms with Gasteiger partial charge in [-0.25, -0.2) is 0 Å². The van der Waals surface area contributed by atoms with Crippen LogP contribution in [-0.4, -0.2) is 29.9 Å². The number of rotatable bonds is 4. The standard InChI is InChI=1S/C23H16ClNO5S/c1-28-18-7-6-13(15-4-2-3-5-16(15)18)9-21-22(26)25(23(27)31-21)11-14-8-19-20(10-17(14)24)30-12-29-19/h2-10H,11-12H2,1H3/b21-9-. The van der Waals surface area contributed by atoms with Gasteiger partial charge in [0, 0.05) is 16.5 Å². The molecule has 0 radical (unpaired) electrons. The predicted molar refractivity (Wildman–Crippen MR) is 120 cm³/mol. The van der Waals surface area contributed by atoms with Crippen LogP contribution in [0.1, 0.15) is 11.1 Å². The number of benzene rings is 3. The fraction of sp³-hybridized carbons (Fsp3) is 0.130. The lowest BCUT2D eigenvalue weighted by atomic mass is 10.0. The van der Waals surface area contributed by atoms with Gasteiger partial charge in [0.15, 0.2) is 11.5 Å². The van der Waals surface area contributed by atoms with Crippen molar-refractivity contribution in [3.63, 3.8) is 0 Å². The Balaban J connectivity index is 1.46. The minimum Gasteiger partial charge on any atom is -0.496 e. The Bertz CT molecular complexity index is 1270. The van der Waals surface area contributed by atoms with Crippen molar-refractivity contribution in [2.75, 3.05) is 13.9 Å². The molecule has 0 spiro atoms. The lowest BCUT2D eigenvalue weighted by Gasteiger charge is -2.14. The van der Waals surface area contributed by atoms with Crippen molar-refractivity contribution < 1.29 is 23.8 Å². The fourth-order valence-corrected chi connectivity index (χ4v) is 4.67. The lowest BCUT2D eigenvalue weighted by Crippen LogP contribution is -2.27. The van der Waals surface area contributed by atoms with Crippen molar-refractivity contribution in [3.05, 3.63) is 69.6 Å². The molecular weight excluding hydrogens is 438 g/mol. The Morgan fingerprint density at radius 2 is 1.84 bits per heavy atom. The van der Waals surface area contributed by atoms with E-state index < -0.39 is 0 Å². The summed E-state index contributed by atoms with van der Waals surface area (Å²) >= 11 is 7.24. The molecule has 0 bridgehead atoms. The van der Waals surface area contributed by atoms with Gasteiger partial charge in [-0.3, -0.25) is 14.5 Å². The molecule has 2 heterocycles. The van der Waals surface area contributed by atoms with Crippen LogP contribution in [-0.2, 0) is 11.3 Å². The van der Waals surface area contributed by atoms with E-state index >= 15 is 0 Å². The molecule has 5 rings (SSSR count). The predicted octanol–water partition coefficient (Wildman–Crippen LogP) is 5.47. The summed E-state index contributed by atoms with van der Waals surface area (Å²) in [7, 11) is 1.62. The van der Waals surface area contributed by atoms with E-state index in [1.54, 1.807) is 25.3 Å². The molecule has 2 aliphatic heterocycles. The average molecular weight is 454 g/mol. The average Bonchev–Trinajstić information content (AvgIpc) is 3.33. The van der Waals surface area contributed by atoms with Crippen LogP contribution in [0.2, 0.25) is 5.02 Å². The largest absolute Gasteiger partial charge is 0.496 e. The number of halogens is 1. The monoisotopic (exact) mass is 453 g/mol. The van der Waals surface area contributed by atoms with E-state index in [2.05, 4.69) is 0 Å². The van der Waals surface area contributed by atoms with E-state index in [1.165, 1.54) is 4.90 Å². The highest BCUT2D eigenvalue weighted by Gasteiger charge is 2.36. The van der Waals surface area contributed by atoms with E-state index in [-0.39, 0.29) is 24.5 Å². The topological polar surface area (TPSA) is 65.1 Å². The molecule has 1 saturated heterocycles. The Labute approximate surface area is 187 Å². The molecule has 6 nitrogen and oxygen atoms in total. The van der Waals surface area contributed by atoms with Gasteiger partial charge in [-0.2, -0.15) is 0 Å². The minimum absolute atomic E-state index is 0.0564. The third kappa shape index (κ3) is 3.49. The van der Waals surface area contributed by atoms with Gasteiger partial charge >= 0.3 is 0 Å². The summed E-state index contributed by atoms with van der Waals surface area (Å²) < 4.78 is 16.1. The maximum atomic E-state index is 13.0. The maximum absolute atomic E-state index is 13.0. The van der Waals surface area contributed by atoms with Crippen molar-refractivity contribution in [2.45, 2.75) is 6.54 Å². The number of methoxy groups -OCH3 is 1. The summed E-state index contributed by atoms with van der Waals surface area (Å²) in [6, 6.07) is 14.8. The number of amides is 2. The van der Waals surface area contributed by atoms with E-state index in [0.717, 1.165) is 33.8 Å². The van der Waals surface area contributed by atoms with Gasteiger partial charge in [0.05, 0.1) is 18.6 Å². The van der Waals surface area contributed by atoms with Gasteiger partial charge in [-0.15, -0.1) is 0 Å². The third-order valence-corrected chi connectivity index (χ3v) is 6.43. The van der Waals surface area contributed by atoms with Gasteiger partial charge < -0.3 is 14.2 Å². The smallest absolute Gasteiger partial charge is 0.293 e. The van der Waals surface area contributed by atoms with Gasteiger partial charge in [-0.1, -0.05) is 41.9 Å². The molecule has 156 valence electrons. The molecule has 3 aromatic rings. The Kier molecular flexibility index (Phi) is 5.00. The van der Waals surface area contributed by atoms with Crippen LogP contribution in [0.5, 0.6) is 17.2 Å². The van der Waals surface area contributed by atoms with Crippen LogP contribution >= 0.6 is 23.4 Å². The third-order valence-electron chi connectivity index (χ3n) is 5.17. The number of imide groups is 1. The van der Waals surface area contributed by atoms with Crippen LogP contribution in [0.25, 0.3) is 16.8 Å². The lowest BCUT2D eigenvalue weighted by molar-refractivity contribution is -0.123. The second kappa shape index (κ2) is 7.83. The van der Waals surface area contributed by atoms with Crippen molar-refractivity contribution in [2.24, 2.45) is 0 Å². The molecule has 3 aromatic carbocycles. The number of hydrogen-bond donors (Lipinski definition) is 0. The zero-order chi connectivity index (χ0) is 21.5. The molecule has 31 heavy (non-hydrogen) atoms. The van der Waals surface area contributed by atoms with Gasteiger partial charge in [0.2, 0.25) is 6.79 Å². The van der Waals surface area contributed by atoms with E-state index in [0.29, 0.717) is 27.0 Å². The summed E-state index contributed by atoms with van der Waals surface area (Å²) in [5.41, 5.74) is 1.45. The van der Waals surface area contributed by atoms with E-state index in [1.807, 2.05) is 36.4 Å². The highest BCUT2D eigenvalue weighted by atomic mass is 35.5. The van der Waals surface area contributed by atoms with Crippen LogP contribution in [0.3, 0.4) is 0 Å². The molecule has 0 unspecified atom stereocenters. The van der Waals surface area contributed by atoms with E-state index in [4.69, 9.17) is 25.8 Å². The first-order chi connectivity index (χ1) is 15.0. The van der Waals surface area contributed by atoms with Gasteiger partial charge in [-0.05, 0) is 46.5 Å². The molecule has 0 aromatic heterocycles. The zero-order valence-electron chi connectivity index (χ0n) is 16.4. The normalized spacial score (nSPS) is 16.6. The molecule has 0 aliphatic carbocycles. The summed E-state index contributed by atoms with van der Waals surface area (Å²) in [5, 5.41) is 1.94. The molecule has 2 amide bonds. The van der Waals surface area contributed by atoms with Crippen LogP contribution in [0, 0.1) is 0 Å². The summed E-state index contributed by atoms with van der Waals surface area (Å²) in [4.78, 5) is 27.2. The van der Waals surface area contributed by atoms with Crippen molar-refractivity contribution >= 4 is 51.4 Å². The minimum atomic E-state index is -0.358. The second-order valence-corrected chi connectivity index (χ2v) is 8.37. The van der Waals surface area contributed by atoms with Crippen LogP contribution in [0.4, 0.5) is 4.79 Å². The molecule has 1 fully saturated rings. The highest BCUT2D eigenvalue weighted by molar-refractivity contribution is 8.18. The summed E-state index contributed by atoms with van der Waals surface area (Å²) in [6.07, 6.45) is 1.74. The first kappa shape index (κ1) is 19.8. The highest BCUT2D eigenvalue weighted by Crippen LogP contribution is 2.40. The Morgan fingerprint density at radius 3 is 2.61 bits per heavy atom. The molecule has 2 aliphatic rings. The molecule has 0 saturated carbocycles. The number of thioether (sulfide) groups is 1. The SMILES string of the molecule is COc1ccc(/C=C2\SC(=O)N(Cc3cc4c(cc3Cl)OCO4)C2=O)c2ccccc12. The summed E-state index contributed by atoms with van der Waals surface area (Å²) in [6.45, 7) is 0.177. The van der Waals surface area contributed by atoms with Crippen molar-refractivity contribution in [1.82, 2.24) is 4.90 Å². The van der Waals surface area contributed by atoms with E-state index in [9.17, 15) is 9.59 Å². The Morgan fingerprint density at radius 1 is 1.10 bits per heavy atom. The van der Waals surface area contributed by atoms with Crippen molar-refractivity contribution in [1.29, 1.82) is 0 Å². The first-order valence-electron chi connectivity index (χ1n) is 9.44. The number of fused-ring (bicyclic) bond motifs is 2. The number of carbonyl (C=O) groups excluding carboxylic acids is 2. The maximum Gasteiger partial charge on any atom is 0.293 e.